The van der Waals surface area contributed by atoms with Crippen molar-refractivity contribution in [1.29, 1.82) is 0 Å². The minimum Gasteiger partial charge on any atom is -0.465 e. The molecule has 0 aromatic heterocycles. The molecule has 0 fully saturated rings. The molecule has 2 N–H and O–H groups in total. The molecule has 0 spiro atoms. The molecule has 0 amide bonds. The Morgan fingerprint density at radius 3 is 2.37 bits per heavy atom. The van der Waals surface area contributed by atoms with E-state index in [-0.39, 0.29) is 0 Å². The third-order valence-corrected chi connectivity index (χ3v) is 3.08. The summed E-state index contributed by atoms with van der Waals surface area (Å²) < 4.78 is 4.81. The topological polar surface area (TPSA) is 55.6 Å². The van der Waals surface area contributed by atoms with Crippen LogP contribution in [0.5, 0.6) is 0 Å². The van der Waals surface area contributed by atoms with E-state index in [4.69, 9.17) is 22.1 Å². The fourth-order valence-corrected chi connectivity index (χ4v) is 2.43. The molecule has 0 bridgehead atoms. The maximum absolute atomic E-state index is 11.9. The highest BCUT2D eigenvalue weighted by molar-refractivity contribution is 6.34. The van der Waals surface area contributed by atoms with Crippen molar-refractivity contribution in [3.63, 3.8) is 0 Å². The highest BCUT2D eigenvalue weighted by Crippen LogP contribution is 2.33. The Bertz CT molecular complexity index is 443. The zero-order valence-electron chi connectivity index (χ0n) is 11.7. The van der Waals surface area contributed by atoms with Gasteiger partial charge in [0.25, 0.3) is 0 Å². The van der Waals surface area contributed by atoms with E-state index in [1.165, 1.54) is 7.11 Å². The zero-order chi connectivity index (χ0) is 14.4. The van der Waals surface area contributed by atoms with E-state index in [0.29, 0.717) is 22.0 Å². The zero-order valence-corrected chi connectivity index (χ0v) is 12.5. The lowest BCUT2D eigenvalue weighted by atomic mass is 10.1. The number of rotatable bonds is 6. The summed E-state index contributed by atoms with van der Waals surface area (Å²) in [7, 11) is 1.35. The van der Waals surface area contributed by atoms with E-state index in [2.05, 4.69) is 18.7 Å². The van der Waals surface area contributed by atoms with Crippen LogP contribution < -0.4 is 10.6 Å². The first-order valence-electron chi connectivity index (χ1n) is 6.47. The molecule has 0 aliphatic carbocycles. The van der Waals surface area contributed by atoms with Crippen LogP contribution in [0.4, 0.5) is 11.4 Å². The molecule has 4 nitrogen and oxygen atoms in total. The third kappa shape index (κ3) is 3.77. The third-order valence-electron chi connectivity index (χ3n) is 2.79. The lowest BCUT2D eigenvalue weighted by Crippen LogP contribution is -2.27. The lowest BCUT2D eigenvalue weighted by molar-refractivity contribution is 0.0601. The number of carbonyl (C=O) groups excluding carboxylic acids is 1. The van der Waals surface area contributed by atoms with Gasteiger partial charge in [-0.2, -0.15) is 0 Å². The SMILES string of the molecule is CCCN(CCC)c1c(Cl)cc(N)cc1C(=O)OC. The van der Waals surface area contributed by atoms with Crippen molar-refractivity contribution >= 4 is 28.9 Å². The van der Waals surface area contributed by atoms with E-state index >= 15 is 0 Å². The molecule has 19 heavy (non-hydrogen) atoms. The number of halogens is 1. The van der Waals surface area contributed by atoms with Crippen LogP contribution in [-0.2, 0) is 4.74 Å². The summed E-state index contributed by atoms with van der Waals surface area (Å²) in [6, 6.07) is 3.28. The van der Waals surface area contributed by atoms with Gasteiger partial charge >= 0.3 is 5.97 Å². The smallest absolute Gasteiger partial charge is 0.340 e. The van der Waals surface area contributed by atoms with Crippen LogP contribution in [0, 0.1) is 0 Å². The molecule has 0 aliphatic rings. The maximum Gasteiger partial charge on any atom is 0.340 e. The number of nitrogen functional groups attached to an aromatic ring is 1. The van der Waals surface area contributed by atoms with Crippen molar-refractivity contribution in [2.24, 2.45) is 0 Å². The van der Waals surface area contributed by atoms with Gasteiger partial charge < -0.3 is 15.4 Å². The van der Waals surface area contributed by atoms with Gasteiger partial charge in [-0.15, -0.1) is 0 Å². The van der Waals surface area contributed by atoms with Crippen molar-refractivity contribution in [2.45, 2.75) is 26.7 Å². The van der Waals surface area contributed by atoms with E-state index in [1.807, 2.05) is 0 Å². The molecular weight excluding hydrogens is 264 g/mol. The Hall–Kier alpha value is -1.42. The molecule has 1 aromatic carbocycles. The molecule has 0 heterocycles. The van der Waals surface area contributed by atoms with Crippen LogP contribution in [0.2, 0.25) is 5.02 Å². The van der Waals surface area contributed by atoms with Crippen molar-refractivity contribution in [2.75, 3.05) is 30.8 Å². The fourth-order valence-electron chi connectivity index (χ4n) is 2.08. The molecule has 0 saturated carbocycles. The predicted octanol–water partition coefficient (Wildman–Crippen LogP) is 3.34. The number of esters is 1. The van der Waals surface area contributed by atoms with Gasteiger partial charge in [0, 0.05) is 18.8 Å². The standard InChI is InChI=1S/C14H21ClN2O2/c1-4-6-17(7-5-2)13-11(14(18)19-3)8-10(16)9-12(13)15/h8-9H,4-7,16H2,1-3H3. The molecule has 1 rings (SSSR count). The fraction of sp³-hybridized carbons (Fsp3) is 0.500. The first kappa shape index (κ1) is 15.6. The van der Waals surface area contributed by atoms with Crippen LogP contribution in [0.25, 0.3) is 0 Å². The molecular formula is C14H21ClN2O2. The van der Waals surface area contributed by atoms with Crippen LogP contribution in [0.15, 0.2) is 12.1 Å². The molecule has 0 atom stereocenters. The summed E-state index contributed by atoms with van der Waals surface area (Å²) in [6.07, 6.45) is 1.95. The van der Waals surface area contributed by atoms with E-state index < -0.39 is 5.97 Å². The van der Waals surface area contributed by atoms with Gasteiger partial charge in [-0.25, -0.2) is 4.79 Å². The number of anilines is 2. The molecule has 106 valence electrons. The molecule has 1 aromatic rings. The largest absolute Gasteiger partial charge is 0.465 e. The average Bonchev–Trinajstić information content (AvgIpc) is 2.37. The number of methoxy groups -OCH3 is 1. The van der Waals surface area contributed by atoms with Crippen molar-refractivity contribution < 1.29 is 9.53 Å². The highest BCUT2D eigenvalue weighted by Gasteiger charge is 2.20. The van der Waals surface area contributed by atoms with Gasteiger partial charge in [-0.3, -0.25) is 0 Å². The Kier molecular flexibility index (Phi) is 5.96. The summed E-state index contributed by atoms with van der Waals surface area (Å²) in [4.78, 5) is 14.0. The number of carbonyl (C=O) groups is 1. The minimum absolute atomic E-state index is 0.415. The lowest BCUT2D eigenvalue weighted by Gasteiger charge is -2.27. The second-order valence-corrected chi connectivity index (χ2v) is 4.78. The summed E-state index contributed by atoms with van der Waals surface area (Å²) in [5.74, 6) is -0.415. The first-order valence-corrected chi connectivity index (χ1v) is 6.85. The van der Waals surface area contributed by atoms with Gasteiger partial charge in [0.2, 0.25) is 0 Å². The summed E-state index contributed by atoms with van der Waals surface area (Å²) in [5, 5.41) is 0.488. The number of nitrogens with two attached hydrogens (primary N) is 1. The first-order chi connectivity index (χ1) is 9.04. The van der Waals surface area contributed by atoms with Crippen molar-refractivity contribution in [1.82, 2.24) is 0 Å². The van der Waals surface area contributed by atoms with Gasteiger partial charge in [0.05, 0.1) is 23.4 Å². The Balaban J connectivity index is 3.32. The van der Waals surface area contributed by atoms with E-state index in [0.717, 1.165) is 25.9 Å². The van der Waals surface area contributed by atoms with Crippen LogP contribution >= 0.6 is 11.6 Å². The average molecular weight is 285 g/mol. The van der Waals surface area contributed by atoms with E-state index in [9.17, 15) is 4.79 Å². The summed E-state index contributed by atoms with van der Waals surface area (Å²) in [5.41, 5.74) is 7.36. The highest BCUT2D eigenvalue weighted by atomic mass is 35.5. The number of hydrogen-bond acceptors (Lipinski definition) is 4. The number of nitrogens with zero attached hydrogens (tertiary/aromatic N) is 1. The van der Waals surface area contributed by atoms with Gasteiger partial charge in [0.1, 0.15) is 0 Å². The Morgan fingerprint density at radius 1 is 1.32 bits per heavy atom. The van der Waals surface area contributed by atoms with E-state index in [1.54, 1.807) is 12.1 Å². The van der Waals surface area contributed by atoms with Crippen LogP contribution in [0.3, 0.4) is 0 Å². The molecule has 0 unspecified atom stereocenters. The quantitative estimate of drug-likeness (QED) is 0.643. The molecule has 0 radical (unpaired) electrons. The van der Waals surface area contributed by atoms with Crippen LogP contribution in [-0.4, -0.2) is 26.2 Å². The Morgan fingerprint density at radius 2 is 1.89 bits per heavy atom. The summed E-state index contributed by atoms with van der Waals surface area (Å²) in [6.45, 7) is 5.85. The molecule has 0 saturated heterocycles. The van der Waals surface area contributed by atoms with Gasteiger partial charge in [-0.1, -0.05) is 25.4 Å². The van der Waals surface area contributed by atoms with Gasteiger partial charge in [-0.05, 0) is 25.0 Å². The second kappa shape index (κ2) is 7.24. The molecule has 0 aliphatic heterocycles. The van der Waals surface area contributed by atoms with Crippen molar-refractivity contribution in [3.05, 3.63) is 22.7 Å². The number of hydrogen-bond donors (Lipinski definition) is 1. The molecule has 5 heteroatoms. The maximum atomic E-state index is 11.9. The number of benzene rings is 1. The van der Waals surface area contributed by atoms with Crippen molar-refractivity contribution in [3.8, 4) is 0 Å². The minimum atomic E-state index is -0.415. The predicted molar refractivity (Wildman–Crippen MR) is 80.0 cm³/mol. The number of ether oxygens (including phenoxy) is 1. The van der Waals surface area contributed by atoms with Gasteiger partial charge in [0.15, 0.2) is 0 Å². The Labute approximate surface area is 119 Å². The normalized spacial score (nSPS) is 10.3. The van der Waals surface area contributed by atoms with Crippen LogP contribution in [0.1, 0.15) is 37.0 Å². The monoisotopic (exact) mass is 284 g/mol. The second-order valence-electron chi connectivity index (χ2n) is 4.38. The summed E-state index contributed by atoms with van der Waals surface area (Å²) >= 11 is 6.27.